The van der Waals surface area contributed by atoms with Crippen LogP contribution in [0.25, 0.3) is 0 Å². The van der Waals surface area contributed by atoms with Crippen LogP contribution in [0.15, 0.2) is 24.3 Å². The number of hydrogen-bond acceptors (Lipinski definition) is 3. The van der Waals surface area contributed by atoms with E-state index >= 15 is 0 Å². The molecule has 0 bridgehead atoms. The average molecular weight is 300 g/mol. The molecule has 0 aliphatic rings. The number of benzene rings is 1. The summed E-state index contributed by atoms with van der Waals surface area (Å²) in [6.45, 7) is 2.29. The van der Waals surface area contributed by atoms with Crippen LogP contribution in [0, 0.1) is 5.82 Å². The van der Waals surface area contributed by atoms with Gasteiger partial charge in [-0.2, -0.15) is 11.8 Å². The Bertz CT molecular complexity index is 441. The Kier molecular flexibility index (Phi) is 6.81. The molecule has 0 radical (unpaired) electrons. The predicted octanol–water partition coefficient (Wildman–Crippen LogP) is 1.78. The lowest BCUT2D eigenvalue weighted by molar-refractivity contribution is 0.0869. The standard InChI is InChI=1S/C14H21FN2O2S/c1-14(19,10-20-2)9-17-13(18)16-7-6-11-4-3-5-12(15)8-11/h3-5,8,19H,6-7,9-10H2,1-2H3,(H2,16,17,18). The fourth-order valence-electron chi connectivity index (χ4n) is 1.71. The SMILES string of the molecule is CSCC(C)(O)CNC(=O)NCCc1cccc(F)c1. The van der Waals surface area contributed by atoms with Crippen molar-refractivity contribution < 1.29 is 14.3 Å². The van der Waals surface area contributed by atoms with Gasteiger partial charge in [0.1, 0.15) is 5.82 Å². The van der Waals surface area contributed by atoms with E-state index in [9.17, 15) is 14.3 Å². The average Bonchev–Trinajstić information content (AvgIpc) is 2.37. The van der Waals surface area contributed by atoms with Crippen molar-refractivity contribution in [2.75, 3.05) is 25.1 Å². The van der Waals surface area contributed by atoms with Crippen molar-refractivity contribution in [3.8, 4) is 0 Å². The molecule has 0 aliphatic carbocycles. The van der Waals surface area contributed by atoms with Crippen LogP contribution in [-0.2, 0) is 6.42 Å². The first-order valence-corrected chi connectivity index (χ1v) is 7.80. The maximum Gasteiger partial charge on any atom is 0.314 e. The predicted molar refractivity (Wildman–Crippen MR) is 80.5 cm³/mol. The third-order valence-corrected chi connectivity index (χ3v) is 3.58. The fraction of sp³-hybridized carbons (Fsp3) is 0.500. The summed E-state index contributed by atoms with van der Waals surface area (Å²) in [6, 6.07) is 5.96. The molecule has 1 aromatic carbocycles. The summed E-state index contributed by atoms with van der Waals surface area (Å²) >= 11 is 1.52. The zero-order chi connectivity index (χ0) is 15.0. The lowest BCUT2D eigenvalue weighted by Gasteiger charge is -2.22. The van der Waals surface area contributed by atoms with E-state index in [0.717, 1.165) is 5.56 Å². The molecule has 0 heterocycles. The first-order valence-electron chi connectivity index (χ1n) is 6.40. The Hall–Kier alpha value is -1.27. The second-order valence-corrected chi connectivity index (χ2v) is 5.79. The maximum absolute atomic E-state index is 12.9. The van der Waals surface area contributed by atoms with Crippen LogP contribution in [0.3, 0.4) is 0 Å². The van der Waals surface area contributed by atoms with Crippen LogP contribution in [-0.4, -0.2) is 41.8 Å². The first kappa shape index (κ1) is 16.8. The number of urea groups is 1. The van der Waals surface area contributed by atoms with Gasteiger partial charge in [-0.25, -0.2) is 9.18 Å². The summed E-state index contributed by atoms with van der Waals surface area (Å²) in [5, 5.41) is 15.2. The van der Waals surface area contributed by atoms with Gasteiger partial charge in [0.25, 0.3) is 0 Å². The van der Waals surface area contributed by atoms with Crippen molar-refractivity contribution in [1.29, 1.82) is 0 Å². The van der Waals surface area contributed by atoms with E-state index in [4.69, 9.17) is 0 Å². The number of amides is 2. The van der Waals surface area contributed by atoms with Crippen molar-refractivity contribution in [2.24, 2.45) is 0 Å². The van der Waals surface area contributed by atoms with Crippen LogP contribution in [0.5, 0.6) is 0 Å². The normalized spacial score (nSPS) is 13.6. The van der Waals surface area contributed by atoms with E-state index < -0.39 is 5.60 Å². The number of halogens is 1. The van der Waals surface area contributed by atoms with E-state index in [-0.39, 0.29) is 18.4 Å². The molecule has 0 aromatic heterocycles. The number of carbonyl (C=O) groups excluding carboxylic acids is 1. The van der Waals surface area contributed by atoms with Crippen molar-refractivity contribution in [3.05, 3.63) is 35.6 Å². The topological polar surface area (TPSA) is 61.4 Å². The molecule has 0 aliphatic heterocycles. The van der Waals surface area contributed by atoms with Crippen molar-refractivity contribution in [3.63, 3.8) is 0 Å². The van der Waals surface area contributed by atoms with Crippen LogP contribution in [0.2, 0.25) is 0 Å². The van der Waals surface area contributed by atoms with Gasteiger partial charge >= 0.3 is 6.03 Å². The molecule has 0 spiro atoms. The minimum Gasteiger partial charge on any atom is -0.387 e. The first-order chi connectivity index (χ1) is 9.43. The van der Waals surface area contributed by atoms with Gasteiger partial charge in [-0.1, -0.05) is 12.1 Å². The van der Waals surface area contributed by atoms with Gasteiger partial charge < -0.3 is 15.7 Å². The quantitative estimate of drug-likeness (QED) is 0.719. The molecule has 1 aromatic rings. The summed E-state index contributed by atoms with van der Waals surface area (Å²) in [6.07, 6.45) is 2.46. The molecule has 3 N–H and O–H groups in total. The summed E-state index contributed by atoms with van der Waals surface area (Å²) in [5.41, 5.74) is -0.0843. The lowest BCUT2D eigenvalue weighted by atomic mass is 10.1. The fourth-order valence-corrected chi connectivity index (χ4v) is 2.43. The number of hydrogen-bond donors (Lipinski definition) is 3. The van der Waals surface area contributed by atoms with Crippen molar-refractivity contribution in [1.82, 2.24) is 10.6 Å². The zero-order valence-corrected chi connectivity index (χ0v) is 12.6. The number of aliphatic hydroxyl groups is 1. The van der Waals surface area contributed by atoms with Gasteiger partial charge in [0, 0.05) is 18.8 Å². The van der Waals surface area contributed by atoms with Crippen molar-refractivity contribution in [2.45, 2.75) is 18.9 Å². The summed E-state index contributed by atoms with van der Waals surface area (Å²) in [5.74, 6) is 0.274. The van der Waals surface area contributed by atoms with Gasteiger partial charge in [0.2, 0.25) is 0 Å². The van der Waals surface area contributed by atoms with Gasteiger partial charge in [-0.15, -0.1) is 0 Å². The second kappa shape index (κ2) is 8.11. The largest absolute Gasteiger partial charge is 0.387 e. The minimum atomic E-state index is -0.917. The summed E-state index contributed by atoms with van der Waals surface area (Å²) in [7, 11) is 0. The van der Waals surface area contributed by atoms with E-state index in [1.165, 1.54) is 23.9 Å². The molecule has 1 unspecified atom stereocenters. The molecule has 0 fully saturated rings. The molecule has 6 heteroatoms. The Morgan fingerprint density at radius 3 is 2.85 bits per heavy atom. The van der Waals surface area contributed by atoms with E-state index in [1.807, 2.05) is 12.3 Å². The Balaban J connectivity index is 2.23. The minimum absolute atomic E-state index is 0.194. The third-order valence-electron chi connectivity index (χ3n) is 2.67. The highest BCUT2D eigenvalue weighted by molar-refractivity contribution is 7.98. The monoisotopic (exact) mass is 300 g/mol. The lowest BCUT2D eigenvalue weighted by Crippen LogP contribution is -2.46. The third kappa shape index (κ3) is 6.77. The van der Waals surface area contributed by atoms with Gasteiger partial charge in [-0.05, 0) is 37.3 Å². The van der Waals surface area contributed by atoms with Gasteiger partial charge in [-0.3, -0.25) is 0 Å². The smallest absolute Gasteiger partial charge is 0.314 e. The number of thioether (sulfide) groups is 1. The second-order valence-electron chi connectivity index (χ2n) is 4.92. The summed E-state index contributed by atoms with van der Waals surface area (Å²) < 4.78 is 12.9. The number of nitrogens with one attached hydrogen (secondary N) is 2. The Morgan fingerprint density at radius 1 is 1.45 bits per heavy atom. The molecule has 4 nitrogen and oxygen atoms in total. The molecule has 0 saturated carbocycles. The molecular formula is C14H21FN2O2S. The highest BCUT2D eigenvalue weighted by Crippen LogP contribution is 2.08. The Morgan fingerprint density at radius 2 is 2.20 bits per heavy atom. The molecular weight excluding hydrogens is 279 g/mol. The van der Waals surface area contributed by atoms with Crippen LogP contribution in [0.1, 0.15) is 12.5 Å². The highest BCUT2D eigenvalue weighted by Gasteiger charge is 2.20. The van der Waals surface area contributed by atoms with Crippen LogP contribution < -0.4 is 10.6 Å². The van der Waals surface area contributed by atoms with Gasteiger partial charge in [0.15, 0.2) is 0 Å². The van der Waals surface area contributed by atoms with E-state index in [2.05, 4.69) is 10.6 Å². The maximum atomic E-state index is 12.9. The van der Waals surface area contributed by atoms with Crippen LogP contribution >= 0.6 is 11.8 Å². The molecule has 2 amide bonds. The molecule has 1 rings (SSSR count). The number of carbonyl (C=O) groups is 1. The van der Waals surface area contributed by atoms with Crippen LogP contribution in [0.4, 0.5) is 9.18 Å². The van der Waals surface area contributed by atoms with E-state index in [0.29, 0.717) is 18.7 Å². The zero-order valence-electron chi connectivity index (χ0n) is 11.8. The van der Waals surface area contributed by atoms with Crippen molar-refractivity contribution >= 4 is 17.8 Å². The van der Waals surface area contributed by atoms with E-state index in [1.54, 1.807) is 13.0 Å². The number of rotatable bonds is 7. The Labute approximate surface area is 123 Å². The molecule has 1 atom stereocenters. The molecule has 0 saturated heterocycles. The molecule has 20 heavy (non-hydrogen) atoms. The molecule has 112 valence electrons. The summed E-state index contributed by atoms with van der Waals surface area (Å²) in [4.78, 5) is 11.5. The highest BCUT2D eigenvalue weighted by atomic mass is 32.2. The van der Waals surface area contributed by atoms with Gasteiger partial charge in [0.05, 0.1) is 5.60 Å².